The van der Waals surface area contributed by atoms with Crippen molar-refractivity contribution in [2.75, 3.05) is 5.32 Å². The number of thioether (sulfide) groups is 1. The molecule has 1 N–H and O–H groups in total. The molecule has 0 aliphatic carbocycles. The molecule has 0 fully saturated rings. The summed E-state index contributed by atoms with van der Waals surface area (Å²) in [7, 11) is 0. The molecule has 4 nitrogen and oxygen atoms in total. The molecule has 0 atom stereocenters. The van der Waals surface area contributed by atoms with Crippen molar-refractivity contribution in [3.8, 4) is 5.75 Å². The first-order chi connectivity index (χ1) is 11.3. The molecule has 0 saturated heterocycles. The van der Waals surface area contributed by atoms with Crippen molar-refractivity contribution in [3.05, 3.63) is 60.2 Å². The zero-order valence-corrected chi connectivity index (χ0v) is 14.9. The maximum atomic E-state index is 11.9. The summed E-state index contributed by atoms with van der Waals surface area (Å²) in [5.41, 5.74) is 1.22. The molecule has 126 valence electrons. The van der Waals surface area contributed by atoms with Crippen molar-refractivity contribution in [3.63, 3.8) is 0 Å². The van der Waals surface area contributed by atoms with E-state index in [9.17, 15) is 9.59 Å². The normalized spacial score (nSPS) is 11.0. The summed E-state index contributed by atoms with van der Waals surface area (Å²) in [6.45, 7) is 5.43. The van der Waals surface area contributed by atoms with Crippen LogP contribution in [0, 0.1) is 5.41 Å². The SMILES string of the molecule is CC(C)(C)C(=O)Oc1ccc(CSC(=O)Nc2ccccc2)cc1. The molecular weight excluding hydrogens is 322 g/mol. The van der Waals surface area contributed by atoms with Crippen LogP contribution in [-0.2, 0) is 10.5 Å². The van der Waals surface area contributed by atoms with Gasteiger partial charge < -0.3 is 10.1 Å². The summed E-state index contributed by atoms with van der Waals surface area (Å²) in [5.74, 6) is 0.788. The van der Waals surface area contributed by atoms with Gasteiger partial charge in [-0.3, -0.25) is 9.59 Å². The fourth-order valence-corrected chi connectivity index (χ4v) is 2.42. The van der Waals surface area contributed by atoms with E-state index in [2.05, 4.69) is 5.32 Å². The number of benzene rings is 2. The molecule has 0 bridgehead atoms. The van der Waals surface area contributed by atoms with Gasteiger partial charge in [-0.2, -0.15) is 0 Å². The van der Waals surface area contributed by atoms with E-state index in [1.807, 2.05) is 63.2 Å². The topological polar surface area (TPSA) is 55.4 Å². The van der Waals surface area contributed by atoms with Gasteiger partial charge >= 0.3 is 5.97 Å². The predicted octanol–water partition coefficient (Wildman–Crippen LogP) is 5.10. The molecule has 5 heteroatoms. The highest BCUT2D eigenvalue weighted by Crippen LogP contribution is 2.22. The largest absolute Gasteiger partial charge is 0.426 e. The lowest BCUT2D eigenvalue weighted by molar-refractivity contribution is -0.142. The molecule has 2 rings (SSSR count). The summed E-state index contributed by atoms with van der Waals surface area (Å²) in [5, 5.41) is 2.71. The molecule has 0 radical (unpaired) electrons. The van der Waals surface area contributed by atoms with Gasteiger partial charge in [0.05, 0.1) is 5.41 Å². The minimum atomic E-state index is -0.538. The van der Waals surface area contributed by atoms with Gasteiger partial charge in [-0.05, 0) is 50.6 Å². The predicted molar refractivity (Wildman–Crippen MR) is 98.3 cm³/mol. The highest BCUT2D eigenvalue weighted by molar-refractivity contribution is 8.13. The van der Waals surface area contributed by atoms with Gasteiger partial charge in [0.25, 0.3) is 5.24 Å². The van der Waals surface area contributed by atoms with Gasteiger partial charge in [-0.25, -0.2) is 0 Å². The minimum Gasteiger partial charge on any atom is -0.426 e. The van der Waals surface area contributed by atoms with E-state index in [0.717, 1.165) is 11.3 Å². The Balaban J connectivity index is 1.83. The van der Waals surface area contributed by atoms with Gasteiger partial charge in [0.2, 0.25) is 0 Å². The Hall–Kier alpha value is -2.27. The second kappa shape index (κ2) is 8.02. The highest BCUT2D eigenvalue weighted by Gasteiger charge is 2.23. The van der Waals surface area contributed by atoms with Crippen LogP contribution in [0.15, 0.2) is 54.6 Å². The highest BCUT2D eigenvalue weighted by atomic mass is 32.2. The third kappa shape index (κ3) is 5.74. The number of carbonyl (C=O) groups is 2. The molecule has 0 aliphatic rings. The second-order valence-corrected chi connectivity index (χ2v) is 7.30. The number of esters is 1. The quantitative estimate of drug-likeness (QED) is 0.619. The van der Waals surface area contributed by atoms with Crippen LogP contribution in [0.5, 0.6) is 5.75 Å². The van der Waals surface area contributed by atoms with Crippen molar-refractivity contribution in [1.82, 2.24) is 0 Å². The number of amides is 1. The molecule has 0 heterocycles. The average molecular weight is 343 g/mol. The average Bonchev–Trinajstić information content (AvgIpc) is 2.54. The van der Waals surface area contributed by atoms with Crippen LogP contribution < -0.4 is 10.1 Å². The lowest BCUT2D eigenvalue weighted by atomic mass is 9.97. The van der Waals surface area contributed by atoms with E-state index < -0.39 is 5.41 Å². The number of ether oxygens (including phenoxy) is 1. The molecule has 24 heavy (non-hydrogen) atoms. The summed E-state index contributed by atoms with van der Waals surface area (Å²) in [6, 6.07) is 16.5. The van der Waals surface area contributed by atoms with E-state index in [1.54, 1.807) is 12.1 Å². The van der Waals surface area contributed by atoms with E-state index in [0.29, 0.717) is 11.5 Å². The molecular formula is C19H21NO3S. The van der Waals surface area contributed by atoms with Crippen LogP contribution in [0.4, 0.5) is 10.5 Å². The number of rotatable bonds is 4. The fraction of sp³-hybridized carbons (Fsp3) is 0.263. The Kier molecular flexibility index (Phi) is 6.04. The standard InChI is InChI=1S/C19H21NO3S/c1-19(2,3)17(21)23-16-11-9-14(10-12-16)13-24-18(22)20-15-7-5-4-6-8-15/h4-12H,13H2,1-3H3,(H,20,22). The van der Waals surface area contributed by atoms with Crippen LogP contribution in [0.1, 0.15) is 26.3 Å². The van der Waals surface area contributed by atoms with Gasteiger partial charge in [-0.1, -0.05) is 42.1 Å². The second-order valence-electron chi connectivity index (χ2n) is 6.35. The van der Waals surface area contributed by atoms with Crippen LogP contribution >= 0.6 is 11.8 Å². The van der Waals surface area contributed by atoms with Crippen molar-refractivity contribution in [2.24, 2.45) is 5.41 Å². The number of carbonyl (C=O) groups excluding carboxylic acids is 2. The van der Waals surface area contributed by atoms with E-state index >= 15 is 0 Å². The number of anilines is 1. The monoisotopic (exact) mass is 343 g/mol. The summed E-state index contributed by atoms with van der Waals surface area (Å²) in [6.07, 6.45) is 0. The molecule has 0 aromatic heterocycles. The third-order valence-electron chi connectivity index (χ3n) is 3.14. The molecule has 1 amide bonds. The van der Waals surface area contributed by atoms with Crippen molar-refractivity contribution in [2.45, 2.75) is 26.5 Å². The van der Waals surface area contributed by atoms with Gasteiger partial charge in [-0.15, -0.1) is 0 Å². The van der Waals surface area contributed by atoms with E-state index in [-0.39, 0.29) is 11.2 Å². The third-order valence-corrected chi connectivity index (χ3v) is 3.98. The molecule has 0 unspecified atom stereocenters. The number of hydrogen-bond acceptors (Lipinski definition) is 4. The van der Waals surface area contributed by atoms with Crippen molar-refractivity contribution < 1.29 is 14.3 Å². The Labute approximate surface area is 146 Å². The van der Waals surface area contributed by atoms with Crippen LogP contribution in [0.2, 0.25) is 0 Å². The van der Waals surface area contributed by atoms with Crippen molar-refractivity contribution in [1.29, 1.82) is 0 Å². The molecule has 0 saturated carbocycles. The minimum absolute atomic E-state index is 0.107. The zero-order chi connectivity index (χ0) is 17.6. The first-order valence-corrected chi connectivity index (χ1v) is 8.63. The first-order valence-electron chi connectivity index (χ1n) is 7.64. The molecule has 2 aromatic carbocycles. The van der Waals surface area contributed by atoms with E-state index in [1.165, 1.54) is 11.8 Å². The molecule has 0 aliphatic heterocycles. The van der Waals surface area contributed by atoms with Crippen LogP contribution in [0.25, 0.3) is 0 Å². The zero-order valence-electron chi connectivity index (χ0n) is 14.0. The number of para-hydroxylation sites is 1. The van der Waals surface area contributed by atoms with Crippen molar-refractivity contribution >= 4 is 28.7 Å². The summed E-state index contributed by atoms with van der Waals surface area (Å²) in [4.78, 5) is 23.7. The number of hydrogen-bond donors (Lipinski definition) is 1. The van der Waals surface area contributed by atoms with Gasteiger partial charge in [0.15, 0.2) is 0 Å². The fourth-order valence-electron chi connectivity index (χ4n) is 1.74. The first kappa shape index (κ1) is 18.1. The Morgan fingerprint density at radius 1 is 1.00 bits per heavy atom. The Bertz CT molecular complexity index is 691. The molecule has 0 spiro atoms. The summed E-state index contributed by atoms with van der Waals surface area (Å²) < 4.78 is 5.31. The Morgan fingerprint density at radius 2 is 1.62 bits per heavy atom. The van der Waals surface area contributed by atoms with E-state index in [4.69, 9.17) is 4.74 Å². The molecule has 2 aromatic rings. The lowest BCUT2D eigenvalue weighted by Gasteiger charge is -2.16. The maximum Gasteiger partial charge on any atom is 0.316 e. The Morgan fingerprint density at radius 3 is 2.21 bits per heavy atom. The maximum absolute atomic E-state index is 11.9. The van der Waals surface area contributed by atoms with Crippen LogP contribution in [-0.4, -0.2) is 11.2 Å². The smallest absolute Gasteiger partial charge is 0.316 e. The van der Waals surface area contributed by atoms with Crippen LogP contribution in [0.3, 0.4) is 0 Å². The van der Waals surface area contributed by atoms with Gasteiger partial charge in [0, 0.05) is 11.4 Å². The van der Waals surface area contributed by atoms with Gasteiger partial charge in [0.1, 0.15) is 5.75 Å². The number of nitrogens with one attached hydrogen (secondary N) is 1. The summed E-state index contributed by atoms with van der Waals surface area (Å²) >= 11 is 1.19. The lowest BCUT2D eigenvalue weighted by Crippen LogP contribution is -2.25.